The zero-order chi connectivity index (χ0) is 15.0. The molecule has 1 fully saturated rings. The fourth-order valence-electron chi connectivity index (χ4n) is 3.01. The van der Waals surface area contributed by atoms with Gasteiger partial charge < -0.3 is 9.88 Å². The second-order valence-corrected chi connectivity index (χ2v) is 5.78. The minimum absolute atomic E-state index is 0.0724. The first kappa shape index (κ1) is 13.9. The van der Waals surface area contributed by atoms with Crippen molar-refractivity contribution in [3.8, 4) is 0 Å². The zero-order valence-corrected chi connectivity index (χ0v) is 12.8. The van der Waals surface area contributed by atoms with Crippen molar-refractivity contribution in [1.29, 1.82) is 0 Å². The summed E-state index contributed by atoms with van der Waals surface area (Å²) < 4.78 is 1.78. The molecule has 6 heteroatoms. The fraction of sp³-hybridized carbons (Fsp3) is 0.533. The van der Waals surface area contributed by atoms with Crippen molar-refractivity contribution in [2.75, 3.05) is 6.54 Å². The van der Waals surface area contributed by atoms with Crippen molar-refractivity contribution in [3.63, 3.8) is 0 Å². The third kappa shape index (κ3) is 2.70. The van der Waals surface area contributed by atoms with Gasteiger partial charge in [-0.1, -0.05) is 0 Å². The first-order valence-electron chi connectivity index (χ1n) is 7.36. The lowest BCUT2D eigenvalue weighted by Gasteiger charge is -2.23. The van der Waals surface area contributed by atoms with Crippen molar-refractivity contribution in [1.82, 2.24) is 24.6 Å². The third-order valence-corrected chi connectivity index (χ3v) is 4.00. The summed E-state index contributed by atoms with van der Waals surface area (Å²) in [7, 11) is 0. The highest BCUT2D eigenvalue weighted by Crippen LogP contribution is 2.30. The van der Waals surface area contributed by atoms with Crippen LogP contribution in [0.1, 0.15) is 41.8 Å². The van der Waals surface area contributed by atoms with E-state index in [0.29, 0.717) is 6.54 Å². The molecule has 3 heterocycles. The summed E-state index contributed by atoms with van der Waals surface area (Å²) in [5.74, 6) is 1.00. The molecule has 1 amide bonds. The Labute approximate surface area is 124 Å². The van der Waals surface area contributed by atoms with E-state index in [1.165, 1.54) is 0 Å². The first-order chi connectivity index (χ1) is 10.0. The van der Waals surface area contributed by atoms with Crippen LogP contribution in [0.5, 0.6) is 0 Å². The van der Waals surface area contributed by atoms with Gasteiger partial charge in [-0.2, -0.15) is 5.10 Å². The maximum Gasteiger partial charge on any atom is 0.244 e. The zero-order valence-electron chi connectivity index (χ0n) is 12.8. The van der Waals surface area contributed by atoms with Crippen molar-refractivity contribution in [2.24, 2.45) is 0 Å². The predicted molar refractivity (Wildman–Crippen MR) is 78.7 cm³/mol. The molecule has 0 radical (unpaired) electrons. The molecule has 2 aromatic heterocycles. The van der Waals surface area contributed by atoms with E-state index < -0.39 is 0 Å². The van der Waals surface area contributed by atoms with Crippen LogP contribution in [-0.2, 0) is 11.3 Å². The van der Waals surface area contributed by atoms with Crippen LogP contribution in [0.25, 0.3) is 0 Å². The van der Waals surface area contributed by atoms with Crippen LogP contribution < -0.4 is 0 Å². The number of nitrogens with one attached hydrogen (secondary N) is 1. The van der Waals surface area contributed by atoms with Gasteiger partial charge in [-0.05, 0) is 39.7 Å². The molecule has 1 saturated heterocycles. The molecule has 2 aromatic rings. The van der Waals surface area contributed by atoms with E-state index in [4.69, 9.17) is 0 Å². The molecule has 0 bridgehead atoms. The topological polar surface area (TPSA) is 66.8 Å². The highest BCUT2D eigenvalue weighted by Gasteiger charge is 2.31. The Morgan fingerprint density at radius 3 is 2.86 bits per heavy atom. The van der Waals surface area contributed by atoms with Crippen LogP contribution in [-0.4, -0.2) is 37.1 Å². The van der Waals surface area contributed by atoms with Crippen molar-refractivity contribution < 1.29 is 4.79 Å². The van der Waals surface area contributed by atoms with Gasteiger partial charge in [0.2, 0.25) is 5.91 Å². The minimum Gasteiger partial charge on any atom is -0.344 e. The summed E-state index contributed by atoms with van der Waals surface area (Å²) in [5.41, 5.74) is 2.99. The van der Waals surface area contributed by atoms with Crippen molar-refractivity contribution >= 4 is 5.91 Å². The third-order valence-electron chi connectivity index (χ3n) is 4.00. The molecular weight excluding hydrogens is 266 g/mol. The number of amides is 1. The van der Waals surface area contributed by atoms with Gasteiger partial charge in [0.1, 0.15) is 12.4 Å². The SMILES string of the molecule is Cc1cc(C)n(CC(=O)N2CCC[C@H]2c2ncc(C)[nH]2)n1. The molecule has 3 rings (SSSR count). The molecule has 1 aliphatic heterocycles. The molecule has 1 N–H and O–H groups in total. The molecule has 1 aliphatic rings. The number of hydrogen-bond donors (Lipinski definition) is 1. The monoisotopic (exact) mass is 287 g/mol. The van der Waals surface area contributed by atoms with E-state index in [2.05, 4.69) is 15.1 Å². The van der Waals surface area contributed by atoms with E-state index in [0.717, 1.165) is 42.3 Å². The molecule has 0 aromatic carbocycles. The maximum absolute atomic E-state index is 12.6. The molecule has 0 spiro atoms. The first-order valence-corrected chi connectivity index (χ1v) is 7.36. The van der Waals surface area contributed by atoms with Gasteiger partial charge in [0.25, 0.3) is 0 Å². The van der Waals surface area contributed by atoms with Gasteiger partial charge >= 0.3 is 0 Å². The van der Waals surface area contributed by atoms with Gasteiger partial charge in [-0.3, -0.25) is 9.48 Å². The maximum atomic E-state index is 12.6. The van der Waals surface area contributed by atoms with Gasteiger partial charge in [-0.25, -0.2) is 4.98 Å². The molecular formula is C15H21N5O. The summed E-state index contributed by atoms with van der Waals surface area (Å²) in [6, 6.07) is 2.06. The number of hydrogen-bond acceptors (Lipinski definition) is 3. The Kier molecular flexibility index (Phi) is 3.53. The molecule has 6 nitrogen and oxygen atoms in total. The number of carbonyl (C=O) groups is 1. The van der Waals surface area contributed by atoms with Gasteiger partial charge in [0, 0.05) is 24.1 Å². The average Bonchev–Trinajstić information content (AvgIpc) is 3.10. The number of carbonyl (C=O) groups excluding carboxylic acids is 1. The van der Waals surface area contributed by atoms with Crippen LogP contribution >= 0.6 is 0 Å². The lowest BCUT2D eigenvalue weighted by Crippen LogP contribution is -2.34. The number of nitrogens with zero attached hydrogens (tertiary/aromatic N) is 4. The Balaban J connectivity index is 1.75. The average molecular weight is 287 g/mol. The molecule has 0 aliphatic carbocycles. The number of imidazole rings is 1. The van der Waals surface area contributed by atoms with Gasteiger partial charge in [0.05, 0.1) is 11.7 Å². The Morgan fingerprint density at radius 2 is 2.24 bits per heavy atom. The molecule has 1 atom stereocenters. The van der Waals surface area contributed by atoms with Crippen LogP contribution in [0.4, 0.5) is 0 Å². The van der Waals surface area contributed by atoms with E-state index in [9.17, 15) is 4.79 Å². The van der Waals surface area contributed by atoms with Crippen LogP contribution in [0.2, 0.25) is 0 Å². The fourth-order valence-corrected chi connectivity index (χ4v) is 3.01. The summed E-state index contributed by atoms with van der Waals surface area (Å²) in [5, 5.41) is 4.37. The lowest BCUT2D eigenvalue weighted by atomic mass is 10.2. The van der Waals surface area contributed by atoms with Crippen LogP contribution in [0, 0.1) is 20.8 Å². The normalized spacial score (nSPS) is 18.4. The Bertz CT molecular complexity index is 657. The number of H-pyrrole nitrogens is 1. The second kappa shape index (κ2) is 5.35. The summed E-state index contributed by atoms with van der Waals surface area (Å²) in [6.07, 6.45) is 3.81. The summed E-state index contributed by atoms with van der Waals surface area (Å²) in [6.45, 7) is 6.99. The molecule has 0 saturated carbocycles. The Morgan fingerprint density at radius 1 is 1.43 bits per heavy atom. The highest BCUT2D eigenvalue weighted by molar-refractivity contribution is 5.76. The van der Waals surface area contributed by atoms with E-state index in [-0.39, 0.29) is 11.9 Å². The van der Waals surface area contributed by atoms with E-state index in [1.54, 1.807) is 4.68 Å². The van der Waals surface area contributed by atoms with Crippen LogP contribution in [0.15, 0.2) is 12.3 Å². The van der Waals surface area contributed by atoms with Crippen LogP contribution in [0.3, 0.4) is 0 Å². The smallest absolute Gasteiger partial charge is 0.244 e. The standard InChI is InChI=1S/C15H21N5O/c1-10-7-12(3)20(18-10)9-14(21)19-6-4-5-13(19)15-16-8-11(2)17-15/h7-8,13H,4-6,9H2,1-3H3,(H,16,17)/t13-/m0/s1. The predicted octanol–water partition coefficient (Wildman–Crippen LogP) is 1.90. The second-order valence-electron chi connectivity index (χ2n) is 5.78. The summed E-state index contributed by atoms with van der Waals surface area (Å²) >= 11 is 0. The number of aromatic nitrogens is 4. The van der Waals surface area contributed by atoms with Gasteiger partial charge in [0.15, 0.2) is 0 Å². The van der Waals surface area contributed by atoms with E-state index >= 15 is 0 Å². The highest BCUT2D eigenvalue weighted by atomic mass is 16.2. The lowest BCUT2D eigenvalue weighted by molar-refractivity contribution is -0.133. The number of rotatable bonds is 3. The van der Waals surface area contributed by atoms with Crippen molar-refractivity contribution in [2.45, 2.75) is 46.2 Å². The Hall–Kier alpha value is -2.11. The molecule has 112 valence electrons. The summed E-state index contributed by atoms with van der Waals surface area (Å²) in [4.78, 5) is 22.2. The molecule has 0 unspecified atom stereocenters. The number of aromatic amines is 1. The van der Waals surface area contributed by atoms with E-state index in [1.807, 2.05) is 37.9 Å². The quantitative estimate of drug-likeness (QED) is 0.937. The minimum atomic E-state index is 0.0724. The molecule has 21 heavy (non-hydrogen) atoms. The van der Waals surface area contributed by atoms with Crippen molar-refractivity contribution in [3.05, 3.63) is 35.2 Å². The van der Waals surface area contributed by atoms with Gasteiger partial charge in [-0.15, -0.1) is 0 Å². The number of aryl methyl sites for hydroxylation is 3. The number of likely N-dealkylation sites (tertiary alicyclic amines) is 1. The largest absolute Gasteiger partial charge is 0.344 e.